The second-order valence-electron chi connectivity index (χ2n) is 6.13. The highest BCUT2D eigenvalue weighted by Crippen LogP contribution is 2.29. The number of anilines is 1. The van der Waals surface area contributed by atoms with Gasteiger partial charge in [-0.2, -0.15) is 0 Å². The molecular formula is C20H23N3O4. The smallest absolute Gasteiger partial charge is 0.329 e. The van der Waals surface area contributed by atoms with Crippen molar-refractivity contribution >= 4 is 22.6 Å². The van der Waals surface area contributed by atoms with Crippen molar-refractivity contribution in [2.24, 2.45) is 0 Å². The van der Waals surface area contributed by atoms with Crippen LogP contribution in [-0.4, -0.2) is 29.3 Å². The van der Waals surface area contributed by atoms with Crippen LogP contribution in [0.15, 0.2) is 47.3 Å². The van der Waals surface area contributed by atoms with E-state index in [-0.39, 0.29) is 18.1 Å². The van der Waals surface area contributed by atoms with E-state index in [1.807, 2.05) is 31.2 Å². The maximum atomic E-state index is 12.8. The number of aryl methyl sites for hydroxylation is 1. The van der Waals surface area contributed by atoms with Crippen molar-refractivity contribution in [3.05, 3.63) is 52.9 Å². The molecule has 0 saturated heterocycles. The van der Waals surface area contributed by atoms with E-state index in [2.05, 4.69) is 5.32 Å². The standard InChI is InChI=1S/C20H23N3O4/c1-4-11-22-15-7-5-6-8-16(15)23(20(22)25)13-19(24)21-14-9-10-17(26-2)18(12-14)27-3/h5-10,12H,4,11,13H2,1-3H3,(H,21,24). The van der Waals surface area contributed by atoms with E-state index in [1.54, 1.807) is 29.9 Å². The molecule has 142 valence electrons. The minimum atomic E-state index is -0.288. The number of fused-ring (bicyclic) bond motifs is 1. The SMILES string of the molecule is CCCn1c(=O)n(CC(=O)Nc2ccc(OC)c(OC)c2)c2ccccc21. The highest BCUT2D eigenvalue weighted by atomic mass is 16.5. The Hall–Kier alpha value is -3.22. The molecule has 2 aromatic carbocycles. The first kappa shape index (κ1) is 18.6. The fourth-order valence-electron chi connectivity index (χ4n) is 3.12. The number of para-hydroxylation sites is 2. The number of ether oxygens (including phenoxy) is 2. The van der Waals surface area contributed by atoms with Crippen molar-refractivity contribution in [2.75, 3.05) is 19.5 Å². The van der Waals surface area contributed by atoms with Gasteiger partial charge in [0.25, 0.3) is 0 Å². The minimum Gasteiger partial charge on any atom is -0.493 e. The van der Waals surface area contributed by atoms with E-state index < -0.39 is 0 Å². The monoisotopic (exact) mass is 369 g/mol. The van der Waals surface area contributed by atoms with Gasteiger partial charge in [0.1, 0.15) is 6.54 Å². The number of nitrogens with zero attached hydrogens (tertiary/aromatic N) is 2. The van der Waals surface area contributed by atoms with Crippen molar-refractivity contribution in [2.45, 2.75) is 26.4 Å². The second-order valence-corrected chi connectivity index (χ2v) is 6.13. The molecule has 0 atom stereocenters. The van der Waals surface area contributed by atoms with Crippen molar-refractivity contribution in [3.63, 3.8) is 0 Å². The van der Waals surface area contributed by atoms with Crippen LogP contribution in [0.5, 0.6) is 11.5 Å². The molecule has 0 spiro atoms. The number of benzene rings is 2. The molecule has 1 amide bonds. The Morgan fingerprint density at radius 2 is 1.67 bits per heavy atom. The molecule has 0 bridgehead atoms. The van der Waals surface area contributed by atoms with E-state index >= 15 is 0 Å². The molecule has 0 saturated carbocycles. The average Bonchev–Trinajstić information content (AvgIpc) is 2.94. The number of amides is 1. The molecule has 0 fully saturated rings. The predicted octanol–water partition coefficient (Wildman–Crippen LogP) is 2.87. The summed E-state index contributed by atoms with van der Waals surface area (Å²) in [4.78, 5) is 25.3. The first-order chi connectivity index (χ1) is 13.1. The van der Waals surface area contributed by atoms with E-state index in [4.69, 9.17) is 9.47 Å². The number of rotatable bonds is 7. The number of carbonyl (C=O) groups excluding carboxylic acids is 1. The summed E-state index contributed by atoms with van der Waals surface area (Å²) in [7, 11) is 3.08. The Balaban J connectivity index is 1.87. The molecule has 3 aromatic rings. The maximum Gasteiger partial charge on any atom is 0.329 e. The highest BCUT2D eigenvalue weighted by molar-refractivity contribution is 5.92. The fourth-order valence-corrected chi connectivity index (χ4v) is 3.12. The summed E-state index contributed by atoms with van der Waals surface area (Å²) < 4.78 is 13.7. The normalized spacial score (nSPS) is 10.8. The number of hydrogen-bond donors (Lipinski definition) is 1. The van der Waals surface area contributed by atoms with Gasteiger partial charge in [-0.15, -0.1) is 0 Å². The third-order valence-electron chi connectivity index (χ3n) is 4.34. The van der Waals surface area contributed by atoms with Crippen molar-refractivity contribution < 1.29 is 14.3 Å². The summed E-state index contributed by atoms with van der Waals surface area (Å²) >= 11 is 0. The van der Waals surface area contributed by atoms with Gasteiger partial charge in [-0.3, -0.25) is 13.9 Å². The zero-order chi connectivity index (χ0) is 19.4. The largest absolute Gasteiger partial charge is 0.493 e. The molecule has 0 aliphatic heterocycles. The van der Waals surface area contributed by atoms with Gasteiger partial charge in [-0.25, -0.2) is 4.79 Å². The van der Waals surface area contributed by atoms with Crippen LogP contribution >= 0.6 is 0 Å². The first-order valence-electron chi connectivity index (χ1n) is 8.79. The number of aromatic nitrogens is 2. The lowest BCUT2D eigenvalue weighted by Crippen LogP contribution is -2.29. The molecular weight excluding hydrogens is 346 g/mol. The molecule has 7 heteroatoms. The molecule has 0 unspecified atom stereocenters. The summed E-state index contributed by atoms with van der Waals surface area (Å²) in [5.74, 6) is 0.810. The topological polar surface area (TPSA) is 74.5 Å². The summed E-state index contributed by atoms with van der Waals surface area (Å²) in [5, 5.41) is 2.81. The Bertz CT molecular complexity index is 1020. The van der Waals surface area contributed by atoms with Gasteiger partial charge in [-0.05, 0) is 30.7 Å². The summed E-state index contributed by atoms with van der Waals surface area (Å²) in [5.41, 5.74) is 1.98. The van der Waals surface area contributed by atoms with Crippen LogP contribution in [0, 0.1) is 0 Å². The zero-order valence-corrected chi connectivity index (χ0v) is 15.7. The summed E-state index contributed by atoms with van der Waals surface area (Å²) in [6, 6.07) is 12.6. The first-order valence-corrected chi connectivity index (χ1v) is 8.79. The Kier molecular flexibility index (Phi) is 5.49. The molecule has 0 aliphatic rings. The number of carbonyl (C=O) groups is 1. The molecule has 1 N–H and O–H groups in total. The lowest BCUT2D eigenvalue weighted by atomic mass is 10.2. The maximum absolute atomic E-state index is 12.8. The lowest BCUT2D eigenvalue weighted by Gasteiger charge is -2.11. The third-order valence-corrected chi connectivity index (χ3v) is 4.34. The van der Waals surface area contributed by atoms with Gasteiger partial charge < -0.3 is 14.8 Å². The van der Waals surface area contributed by atoms with Gasteiger partial charge in [0.05, 0.1) is 25.3 Å². The molecule has 0 aliphatic carbocycles. The lowest BCUT2D eigenvalue weighted by molar-refractivity contribution is -0.116. The zero-order valence-electron chi connectivity index (χ0n) is 15.7. The molecule has 3 rings (SSSR count). The van der Waals surface area contributed by atoms with E-state index in [0.717, 1.165) is 17.5 Å². The Labute approximate surface area is 157 Å². The molecule has 0 radical (unpaired) electrons. The predicted molar refractivity (Wildman–Crippen MR) is 105 cm³/mol. The molecule has 1 aromatic heterocycles. The number of hydrogen-bond acceptors (Lipinski definition) is 4. The van der Waals surface area contributed by atoms with Gasteiger partial charge in [-0.1, -0.05) is 19.1 Å². The van der Waals surface area contributed by atoms with Crippen molar-refractivity contribution in [1.29, 1.82) is 0 Å². The molecule has 7 nitrogen and oxygen atoms in total. The van der Waals surface area contributed by atoms with Crippen LogP contribution in [0.1, 0.15) is 13.3 Å². The van der Waals surface area contributed by atoms with Crippen LogP contribution in [0.4, 0.5) is 5.69 Å². The summed E-state index contributed by atoms with van der Waals surface area (Å²) in [6.07, 6.45) is 0.839. The van der Waals surface area contributed by atoms with Gasteiger partial charge in [0.2, 0.25) is 5.91 Å². The van der Waals surface area contributed by atoms with E-state index in [9.17, 15) is 9.59 Å². The van der Waals surface area contributed by atoms with Crippen molar-refractivity contribution in [3.8, 4) is 11.5 Å². The molecule has 1 heterocycles. The number of imidazole rings is 1. The minimum absolute atomic E-state index is 0.0651. The average molecular weight is 369 g/mol. The highest BCUT2D eigenvalue weighted by Gasteiger charge is 2.15. The summed E-state index contributed by atoms with van der Waals surface area (Å²) in [6.45, 7) is 2.57. The van der Waals surface area contributed by atoms with Crippen LogP contribution in [-0.2, 0) is 17.9 Å². The quantitative estimate of drug-likeness (QED) is 0.695. The van der Waals surface area contributed by atoms with Gasteiger partial charge >= 0.3 is 5.69 Å². The third kappa shape index (κ3) is 3.67. The molecule has 27 heavy (non-hydrogen) atoms. The number of methoxy groups -OCH3 is 2. The van der Waals surface area contributed by atoms with Gasteiger partial charge in [0.15, 0.2) is 11.5 Å². The van der Waals surface area contributed by atoms with E-state index in [0.29, 0.717) is 23.7 Å². The Morgan fingerprint density at radius 1 is 1.00 bits per heavy atom. The fraction of sp³-hybridized carbons (Fsp3) is 0.300. The Morgan fingerprint density at radius 3 is 2.30 bits per heavy atom. The second kappa shape index (κ2) is 7.99. The van der Waals surface area contributed by atoms with Crippen LogP contribution < -0.4 is 20.5 Å². The van der Waals surface area contributed by atoms with Crippen LogP contribution in [0.3, 0.4) is 0 Å². The van der Waals surface area contributed by atoms with Crippen LogP contribution in [0.25, 0.3) is 11.0 Å². The van der Waals surface area contributed by atoms with E-state index in [1.165, 1.54) is 11.7 Å². The number of nitrogens with one attached hydrogen (secondary N) is 1. The van der Waals surface area contributed by atoms with Crippen LogP contribution in [0.2, 0.25) is 0 Å². The van der Waals surface area contributed by atoms with Gasteiger partial charge in [0, 0.05) is 18.3 Å². The van der Waals surface area contributed by atoms with Crippen molar-refractivity contribution in [1.82, 2.24) is 9.13 Å².